The zero-order valence-electron chi connectivity index (χ0n) is 13.2. The molecule has 1 atom stereocenters. The molecular formula is C17H29NO2. The van der Waals surface area contributed by atoms with E-state index in [0.717, 1.165) is 38.3 Å². The molecule has 1 rings (SSSR count). The van der Waals surface area contributed by atoms with Gasteiger partial charge < -0.3 is 14.8 Å². The first-order valence-corrected chi connectivity index (χ1v) is 7.62. The van der Waals surface area contributed by atoms with Gasteiger partial charge in [0.15, 0.2) is 0 Å². The summed E-state index contributed by atoms with van der Waals surface area (Å²) in [6.07, 6.45) is 4.64. The van der Waals surface area contributed by atoms with Gasteiger partial charge in [-0.1, -0.05) is 19.1 Å². The van der Waals surface area contributed by atoms with E-state index in [-0.39, 0.29) is 0 Å². The van der Waals surface area contributed by atoms with Crippen LogP contribution in [0.15, 0.2) is 24.3 Å². The smallest absolute Gasteiger partial charge is 0.118 e. The van der Waals surface area contributed by atoms with Crippen LogP contribution in [0, 0.1) is 5.92 Å². The van der Waals surface area contributed by atoms with Crippen molar-refractivity contribution >= 4 is 0 Å². The van der Waals surface area contributed by atoms with Gasteiger partial charge in [0.05, 0.1) is 7.11 Å². The lowest BCUT2D eigenvalue weighted by atomic mass is 9.94. The first-order valence-electron chi connectivity index (χ1n) is 7.62. The molecule has 114 valence electrons. The highest BCUT2D eigenvalue weighted by atomic mass is 16.5. The monoisotopic (exact) mass is 279 g/mol. The summed E-state index contributed by atoms with van der Waals surface area (Å²) in [4.78, 5) is 0. The van der Waals surface area contributed by atoms with Crippen LogP contribution < -0.4 is 10.1 Å². The SMILES string of the molecule is CCCNCC(CCCOC)Cc1ccc(OC)cc1. The molecule has 0 fully saturated rings. The largest absolute Gasteiger partial charge is 0.497 e. The van der Waals surface area contributed by atoms with E-state index in [0.29, 0.717) is 5.92 Å². The maximum Gasteiger partial charge on any atom is 0.118 e. The van der Waals surface area contributed by atoms with Gasteiger partial charge in [0.2, 0.25) is 0 Å². The molecule has 3 heteroatoms. The Morgan fingerprint density at radius 3 is 2.50 bits per heavy atom. The van der Waals surface area contributed by atoms with Crippen LogP contribution in [-0.2, 0) is 11.2 Å². The van der Waals surface area contributed by atoms with Crippen LogP contribution >= 0.6 is 0 Å². The Labute approximate surface area is 123 Å². The Bertz CT molecular complexity index is 327. The fourth-order valence-corrected chi connectivity index (χ4v) is 2.37. The predicted octanol–water partition coefficient (Wildman–Crippen LogP) is 3.28. The third-order valence-corrected chi connectivity index (χ3v) is 3.50. The molecule has 0 aromatic heterocycles. The second kappa shape index (κ2) is 10.7. The van der Waals surface area contributed by atoms with Gasteiger partial charge in [-0.05, 0) is 62.4 Å². The number of benzene rings is 1. The van der Waals surface area contributed by atoms with Crippen molar-refractivity contribution in [2.24, 2.45) is 5.92 Å². The number of hydrogen-bond donors (Lipinski definition) is 1. The van der Waals surface area contributed by atoms with E-state index in [9.17, 15) is 0 Å². The third-order valence-electron chi connectivity index (χ3n) is 3.50. The van der Waals surface area contributed by atoms with Crippen LogP contribution in [0.2, 0.25) is 0 Å². The quantitative estimate of drug-likeness (QED) is 0.631. The number of hydrogen-bond acceptors (Lipinski definition) is 3. The molecule has 0 saturated heterocycles. The molecule has 0 spiro atoms. The Kier molecular flexibility index (Phi) is 9.09. The lowest BCUT2D eigenvalue weighted by molar-refractivity contribution is 0.186. The predicted molar refractivity (Wildman–Crippen MR) is 84.5 cm³/mol. The van der Waals surface area contributed by atoms with Gasteiger partial charge in [0, 0.05) is 13.7 Å². The zero-order valence-corrected chi connectivity index (χ0v) is 13.2. The molecule has 0 aliphatic carbocycles. The second-order valence-corrected chi connectivity index (χ2v) is 5.26. The standard InChI is InChI=1S/C17H29NO2/c1-4-11-18-14-16(6-5-12-19-2)13-15-7-9-17(20-3)10-8-15/h7-10,16,18H,4-6,11-14H2,1-3H3. The Balaban J connectivity index is 2.47. The lowest BCUT2D eigenvalue weighted by Crippen LogP contribution is -2.25. The van der Waals surface area contributed by atoms with Crippen molar-refractivity contribution in [2.75, 3.05) is 33.9 Å². The summed E-state index contributed by atoms with van der Waals surface area (Å²) in [6.45, 7) is 5.25. The van der Waals surface area contributed by atoms with Crippen molar-refractivity contribution in [3.8, 4) is 5.75 Å². The molecule has 1 aromatic carbocycles. The van der Waals surface area contributed by atoms with E-state index in [4.69, 9.17) is 9.47 Å². The fraction of sp³-hybridized carbons (Fsp3) is 0.647. The minimum atomic E-state index is 0.671. The molecule has 0 heterocycles. The summed E-state index contributed by atoms with van der Waals surface area (Å²) < 4.78 is 10.4. The van der Waals surface area contributed by atoms with Crippen molar-refractivity contribution in [1.82, 2.24) is 5.32 Å². The Morgan fingerprint density at radius 1 is 1.15 bits per heavy atom. The van der Waals surface area contributed by atoms with Gasteiger partial charge in [-0.2, -0.15) is 0 Å². The average molecular weight is 279 g/mol. The van der Waals surface area contributed by atoms with Gasteiger partial charge >= 0.3 is 0 Å². The van der Waals surface area contributed by atoms with Crippen LogP contribution in [-0.4, -0.2) is 33.9 Å². The summed E-state index contributed by atoms with van der Waals surface area (Å²) >= 11 is 0. The maximum atomic E-state index is 5.20. The van der Waals surface area contributed by atoms with Gasteiger partial charge in [0.1, 0.15) is 5.75 Å². The molecule has 0 aliphatic heterocycles. The number of ether oxygens (including phenoxy) is 2. The van der Waals surface area contributed by atoms with E-state index in [2.05, 4.69) is 24.4 Å². The molecule has 3 nitrogen and oxygen atoms in total. The molecule has 0 saturated carbocycles. The summed E-state index contributed by atoms with van der Waals surface area (Å²) in [5, 5.41) is 3.54. The highest BCUT2D eigenvalue weighted by Crippen LogP contribution is 2.17. The average Bonchev–Trinajstić information content (AvgIpc) is 2.48. The maximum absolute atomic E-state index is 5.20. The summed E-state index contributed by atoms with van der Waals surface area (Å²) in [7, 11) is 3.48. The molecule has 0 aliphatic rings. The van der Waals surface area contributed by atoms with E-state index in [1.54, 1.807) is 14.2 Å². The first kappa shape index (κ1) is 17.0. The number of methoxy groups -OCH3 is 2. The highest BCUT2D eigenvalue weighted by molar-refractivity contribution is 5.27. The molecule has 20 heavy (non-hydrogen) atoms. The van der Waals surface area contributed by atoms with Crippen LogP contribution in [0.4, 0.5) is 0 Å². The second-order valence-electron chi connectivity index (χ2n) is 5.26. The van der Waals surface area contributed by atoms with Crippen LogP contribution in [0.25, 0.3) is 0 Å². The zero-order chi connectivity index (χ0) is 14.6. The number of rotatable bonds is 11. The van der Waals surface area contributed by atoms with Crippen molar-refractivity contribution in [2.45, 2.75) is 32.6 Å². The highest BCUT2D eigenvalue weighted by Gasteiger charge is 2.09. The van der Waals surface area contributed by atoms with Crippen molar-refractivity contribution in [1.29, 1.82) is 0 Å². The molecule has 1 unspecified atom stereocenters. The van der Waals surface area contributed by atoms with E-state index in [1.807, 2.05) is 12.1 Å². The van der Waals surface area contributed by atoms with Gasteiger partial charge in [-0.15, -0.1) is 0 Å². The van der Waals surface area contributed by atoms with Gasteiger partial charge in [-0.3, -0.25) is 0 Å². The third kappa shape index (κ3) is 6.92. The van der Waals surface area contributed by atoms with Crippen molar-refractivity contribution in [3.63, 3.8) is 0 Å². The number of nitrogens with one attached hydrogen (secondary N) is 1. The molecule has 0 radical (unpaired) electrons. The normalized spacial score (nSPS) is 12.3. The van der Waals surface area contributed by atoms with Crippen molar-refractivity contribution in [3.05, 3.63) is 29.8 Å². The van der Waals surface area contributed by atoms with Crippen LogP contribution in [0.3, 0.4) is 0 Å². The Morgan fingerprint density at radius 2 is 1.90 bits per heavy atom. The van der Waals surface area contributed by atoms with E-state index in [1.165, 1.54) is 18.4 Å². The topological polar surface area (TPSA) is 30.5 Å². The fourth-order valence-electron chi connectivity index (χ4n) is 2.37. The molecule has 1 aromatic rings. The minimum Gasteiger partial charge on any atom is -0.497 e. The molecule has 0 bridgehead atoms. The van der Waals surface area contributed by atoms with E-state index < -0.39 is 0 Å². The summed E-state index contributed by atoms with van der Waals surface area (Å²) in [5.41, 5.74) is 1.38. The molecule has 1 N–H and O–H groups in total. The molecule has 0 amide bonds. The lowest BCUT2D eigenvalue weighted by Gasteiger charge is -2.18. The summed E-state index contributed by atoms with van der Waals surface area (Å²) in [6, 6.07) is 8.42. The summed E-state index contributed by atoms with van der Waals surface area (Å²) in [5.74, 6) is 1.60. The van der Waals surface area contributed by atoms with Crippen LogP contribution in [0.1, 0.15) is 31.7 Å². The van der Waals surface area contributed by atoms with E-state index >= 15 is 0 Å². The van der Waals surface area contributed by atoms with Crippen LogP contribution in [0.5, 0.6) is 5.75 Å². The van der Waals surface area contributed by atoms with Crippen molar-refractivity contribution < 1.29 is 9.47 Å². The minimum absolute atomic E-state index is 0.671. The first-order chi connectivity index (χ1) is 9.80. The van der Waals surface area contributed by atoms with Gasteiger partial charge in [-0.25, -0.2) is 0 Å². The Hall–Kier alpha value is -1.06. The molecular weight excluding hydrogens is 250 g/mol. The van der Waals surface area contributed by atoms with Gasteiger partial charge in [0.25, 0.3) is 0 Å².